The van der Waals surface area contributed by atoms with Gasteiger partial charge in [0.05, 0.1) is 0 Å². The van der Waals surface area contributed by atoms with Crippen molar-refractivity contribution in [1.29, 1.82) is 0 Å². The molecule has 5 amide bonds. The van der Waals surface area contributed by atoms with Gasteiger partial charge in [-0.25, -0.2) is 9.59 Å². The van der Waals surface area contributed by atoms with E-state index in [2.05, 4.69) is 33.5 Å². The Balaban J connectivity index is 4.96. The summed E-state index contributed by atoms with van der Waals surface area (Å²) in [6.07, 6.45) is 17.9. The number of alkyl carbamates (subject to hydrolysis) is 1. The van der Waals surface area contributed by atoms with Gasteiger partial charge in [0, 0.05) is 13.0 Å². The fraction of sp³-hybridized carbons (Fsp3) is 0.846. The van der Waals surface area contributed by atoms with E-state index in [-0.39, 0.29) is 25.2 Å². The van der Waals surface area contributed by atoms with Crippen LogP contribution in [0.3, 0.4) is 0 Å². The van der Waals surface area contributed by atoms with Crippen molar-refractivity contribution in [2.45, 2.75) is 200 Å². The summed E-state index contributed by atoms with van der Waals surface area (Å²) in [5.41, 5.74) is 4.85. The highest BCUT2D eigenvalue weighted by atomic mass is 16.6. The zero-order chi connectivity index (χ0) is 40.1. The number of carboxylic acid groups (broad SMARTS) is 1. The van der Waals surface area contributed by atoms with Crippen LogP contribution in [0.2, 0.25) is 0 Å². The lowest BCUT2D eigenvalue weighted by Crippen LogP contribution is -2.56. The van der Waals surface area contributed by atoms with Crippen molar-refractivity contribution in [2.24, 2.45) is 5.73 Å². The van der Waals surface area contributed by atoms with E-state index in [0.29, 0.717) is 45.2 Å². The van der Waals surface area contributed by atoms with Crippen LogP contribution in [0.4, 0.5) is 4.79 Å². The van der Waals surface area contributed by atoms with E-state index < -0.39 is 59.6 Å². The largest absolute Gasteiger partial charge is 0.480 e. The number of hydrogen-bond acceptors (Lipinski definition) is 8. The first-order chi connectivity index (χ1) is 25.1. The van der Waals surface area contributed by atoms with Crippen LogP contribution in [0.15, 0.2) is 0 Å². The number of aliphatic carboxylic acids is 1. The molecule has 0 aliphatic rings. The summed E-state index contributed by atoms with van der Waals surface area (Å²) in [6, 6.07) is -4.14. The van der Waals surface area contributed by atoms with Gasteiger partial charge in [0.15, 0.2) is 0 Å². The highest BCUT2D eigenvalue weighted by molar-refractivity contribution is 5.94. The molecule has 0 aromatic heterocycles. The van der Waals surface area contributed by atoms with Gasteiger partial charge < -0.3 is 42.2 Å². The molecule has 14 nitrogen and oxygen atoms in total. The number of carbonyl (C=O) groups excluding carboxylic acids is 5. The Hall–Kier alpha value is -3.42. The molecule has 14 heteroatoms. The lowest BCUT2D eigenvalue weighted by atomic mass is 10.0. The van der Waals surface area contributed by atoms with Crippen LogP contribution < -0.4 is 32.3 Å². The van der Waals surface area contributed by atoms with Crippen molar-refractivity contribution in [3.05, 3.63) is 0 Å². The molecule has 53 heavy (non-hydrogen) atoms. The molecule has 4 atom stereocenters. The molecule has 0 bridgehead atoms. The third-order valence-electron chi connectivity index (χ3n) is 8.81. The maximum Gasteiger partial charge on any atom is 0.407 e. The topological polar surface area (TPSA) is 218 Å². The fourth-order valence-corrected chi connectivity index (χ4v) is 5.65. The molecule has 0 saturated carbocycles. The van der Waals surface area contributed by atoms with Crippen molar-refractivity contribution in [1.82, 2.24) is 26.6 Å². The van der Waals surface area contributed by atoms with E-state index in [1.807, 2.05) is 0 Å². The first-order valence-electron chi connectivity index (χ1n) is 20.2. The van der Waals surface area contributed by atoms with E-state index in [1.54, 1.807) is 20.8 Å². The number of rotatable bonds is 31. The number of carboxylic acids is 1. The van der Waals surface area contributed by atoms with Crippen LogP contribution in [0.25, 0.3) is 0 Å². The van der Waals surface area contributed by atoms with Crippen LogP contribution in [-0.2, 0) is 28.7 Å². The molecule has 0 aliphatic heterocycles. The average Bonchev–Trinajstić information content (AvgIpc) is 3.08. The molecule has 0 spiro atoms. The van der Waals surface area contributed by atoms with Gasteiger partial charge in [0.25, 0.3) is 0 Å². The molecule has 0 rings (SSSR count). The van der Waals surface area contributed by atoms with Gasteiger partial charge >= 0.3 is 12.1 Å². The van der Waals surface area contributed by atoms with E-state index in [9.17, 15) is 33.9 Å². The van der Waals surface area contributed by atoms with Crippen LogP contribution in [0.5, 0.6) is 0 Å². The lowest BCUT2D eigenvalue weighted by molar-refractivity contribution is -0.142. The summed E-state index contributed by atoms with van der Waals surface area (Å²) >= 11 is 0. The average molecular weight is 755 g/mol. The third kappa shape index (κ3) is 27.8. The Morgan fingerprint density at radius 1 is 0.604 bits per heavy atom. The SMILES string of the molecule is CCCCCCCCCCCCCCCC(=O)N[C@@H](CCCCNC(=O)OC(C)(C)C)C(=O)N[C@@H](C)C(=O)N[C@@H](C)C(=O)N[C@@H](CCCCN)C(=O)O. The van der Waals surface area contributed by atoms with Crippen molar-refractivity contribution in [3.8, 4) is 0 Å². The smallest absolute Gasteiger partial charge is 0.407 e. The molecule has 0 fully saturated rings. The molecular formula is C39H74N6O8. The number of ether oxygens (including phenoxy) is 1. The minimum absolute atomic E-state index is 0.203. The van der Waals surface area contributed by atoms with E-state index >= 15 is 0 Å². The molecule has 0 heterocycles. The maximum atomic E-state index is 13.3. The second-order valence-electron chi connectivity index (χ2n) is 15.2. The summed E-state index contributed by atoms with van der Waals surface area (Å²) < 4.78 is 5.25. The van der Waals surface area contributed by atoms with Gasteiger partial charge in [-0.3, -0.25) is 19.2 Å². The van der Waals surface area contributed by atoms with Gasteiger partial charge in [-0.05, 0) is 86.1 Å². The monoisotopic (exact) mass is 755 g/mol. The van der Waals surface area contributed by atoms with Gasteiger partial charge in [0.2, 0.25) is 23.6 Å². The number of carbonyl (C=O) groups is 6. The van der Waals surface area contributed by atoms with E-state index in [4.69, 9.17) is 10.5 Å². The molecule has 0 aromatic rings. The Morgan fingerprint density at radius 3 is 1.58 bits per heavy atom. The van der Waals surface area contributed by atoms with Crippen molar-refractivity contribution < 1.29 is 38.6 Å². The second-order valence-corrected chi connectivity index (χ2v) is 15.2. The van der Waals surface area contributed by atoms with Crippen molar-refractivity contribution >= 4 is 35.7 Å². The van der Waals surface area contributed by atoms with Crippen LogP contribution >= 0.6 is 0 Å². The normalized spacial score (nSPS) is 13.6. The first kappa shape index (κ1) is 49.6. The number of nitrogens with two attached hydrogens (primary N) is 1. The van der Waals surface area contributed by atoms with Crippen LogP contribution in [0.1, 0.15) is 170 Å². The molecule has 8 N–H and O–H groups in total. The predicted molar refractivity (Wildman–Crippen MR) is 208 cm³/mol. The van der Waals surface area contributed by atoms with Crippen LogP contribution in [-0.4, -0.2) is 83.7 Å². The molecule has 0 aromatic carbocycles. The number of hydrogen-bond donors (Lipinski definition) is 7. The third-order valence-corrected chi connectivity index (χ3v) is 8.81. The Labute approximate surface area is 319 Å². The van der Waals surface area contributed by atoms with Crippen molar-refractivity contribution in [3.63, 3.8) is 0 Å². The molecule has 0 radical (unpaired) electrons. The minimum atomic E-state index is -1.18. The summed E-state index contributed by atoms with van der Waals surface area (Å²) in [4.78, 5) is 75.3. The standard InChI is InChI=1S/C39H74N6O8/c1-7-8-9-10-11-12-13-14-15-16-17-18-19-26-33(46)44-31(24-21-23-28-41-38(52)53-39(4,5)6)36(49)43-29(2)34(47)42-30(3)35(48)45-32(37(50)51)25-20-22-27-40/h29-32H,7-28,40H2,1-6H3,(H,41,52)(H,42,47)(H,43,49)(H,44,46)(H,45,48)(H,50,51)/t29-,30-,31-,32-/m0/s1. The lowest BCUT2D eigenvalue weighted by Gasteiger charge is -2.23. The number of amides is 5. The zero-order valence-electron chi connectivity index (χ0n) is 33.7. The van der Waals surface area contributed by atoms with Crippen molar-refractivity contribution in [2.75, 3.05) is 13.1 Å². The van der Waals surface area contributed by atoms with E-state index in [0.717, 1.165) is 19.3 Å². The van der Waals surface area contributed by atoms with Gasteiger partial charge in [-0.1, -0.05) is 84.0 Å². The fourth-order valence-electron chi connectivity index (χ4n) is 5.65. The van der Waals surface area contributed by atoms with E-state index in [1.165, 1.54) is 71.6 Å². The molecule has 0 aliphatic carbocycles. The predicted octanol–water partition coefficient (Wildman–Crippen LogP) is 5.36. The second kappa shape index (κ2) is 30.0. The Kier molecular flexibility index (Phi) is 28.0. The van der Waals surface area contributed by atoms with Gasteiger partial charge in [-0.15, -0.1) is 0 Å². The van der Waals surface area contributed by atoms with Gasteiger partial charge in [0.1, 0.15) is 29.8 Å². The highest BCUT2D eigenvalue weighted by Gasteiger charge is 2.27. The Bertz CT molecular complexity index is 1070. The number of nitrogens with one attached hydrogen (secondary N) is 5. The highest BCUT2D eigenvalue weighted by Crippen LogP contribution is 2.13. The minimum Gasteiger partial charge on any atom is -0.480 e. The summed E-state index contributed by atoms with van der Waals surface area (Å²) in [5, 5.41) is 22.5. The number of unbranched alkanes of at least 4 members (excludes halogenated alkanes) is 14. The van der Waals surface area contributed by atoms with Crippen LogP contribution in [0, 0.1) is 0 Å². The summed E-state index contributed by atoms with van der Waals surface area (Å²) in [5.74, 6) is -3.29. The molecule has 0 saturated heterocycles. The van der Waals surface area contributed by atoms with Gasteiger partial charge in [-0.2, -0.15) is 0 Å². The molecule has 0 unspecified atom stereocenters. The Morgan fingerprint density at radius 2 is 1.08 bits per heavy atom. The molecule has 308 valence electrons. The molecular weight excluding hydrogens is 680 g/mol. The first-order valence-corrected chi connectivity index (χ1v) is 20.2. The summed E-state index contributed by atoms with van der Waals surface area (Å²) in [6.45, 7) is 11.2. The quantitative estimate of drug-likeness (QED) is 0.0453. The zero-order valence-corrected chi connectivity index (χ0v) is 33.7. The summed E-state index contributed by atoms with van der Waals surface area (Å²) in [7, 11) is 0. The maximum absolute atomic E-state index is 13.3.